The Kier molecular flexibility index (Phi) is 5.82. The van der Waals surface area contributed by atoms with E-state index < -0.39 is 0 Å². The first kappa shape index (κ1) is 24.2. The Bertz CT molecular complexity index is 2190. The summed E-state index contributed by atoms with van der Waals surface area (Å²) >= 11 is 0. The molecule has 2 heteroatoms. The molecule has 0 aliphatic carbocycles. The van der Waals surface area contributed by atoms with Crippen molar-refractivity contribution in [1.82, 2.24) is 4.57 Å². The van der Waals surface area contributed by atoms with Crippen molar-refractivity contribution in [2.75, 3.05) is 5.32 Å². The van der Waals surface area contributed by atoms with Crippen LogP contribution in [0.2, 0.25) is 0 Å². The Morgan fingerprint density at radius 1 is 0.357 bits per heavy atom. The predicted octanol–water partition coefficient (Wildman–Crippen LogP) is 11.0. The maximum atomic E-state index is 3.65. The van der Waals surface area contributed by atoms with Gasteiger partial charge in [-0.15, -0.1) is 0 Å². The third kappa shape index (κ3) is 4.31. The Hall–Kier alpha value is -5.60. The molecule has 2 nitrogen and oxygen atoms in total. The predicted molar refractivity (Wildman–Crippen MR) is 179 cm³/mol. The highest BCUT2D eigenvalue weighted by atomic mass is 15.0. The van der Waals surface area contributed by atoms with Crippen LogP contribution in [-0.4, -0.2) is 4.57 Å². The van der Waals surface area contributed by atoms with E-state index in [0.29, 0.717) is 0 Å². The van der Waals surface area contributed by atoms with Gasteiger partial charge in [0.05, 0.1) is 11.0 Å². The van der Waals surface area contributed by atoms with Gasteiger partial charge in [0.2, 0.25) is 0 Å². The fraction of sp³-hybridized carbons (Fsp3) is 0. The van der Waals surface area contributed by atoms with E-state index in [4.69, 9.17) is 0 Å². The number of fused-ring (bicyclic) bond motifs is 4. The highest BCUT2D eigenvalue weighted by Gasteiger charge is 2.14. The van der Waals surface area contributed by atoms with E-state index in [0.717, 1.165) is 17.1 Å². The quantitative estimate of drug-likeness (QED) is 0.231. The molecule has 0 atom stereocenters. The van der Waals surface area contributed by atoms with E-state index in [-0.39, 0.29) is 0 Å². The minimum absolute atomic E-state index is 1.07. The van der Waals surface area contributed by atoms with Gasteiger partial charge < -0.3 is 9.88 Å². The summed E-state index contributed by atoms with van der Waals surface area (Å²) in [5, 5.41) is 8.62. The summed E-state index contributed by atoms with van der Waals surface area (Å²) in [6, 6.07) is 58.6. The second-order valence-corrected chi connectivity index (χ2v) is 10.8. The average Bonchev–Trinajstić information content (AvgIpc) is 3.38. The van der Waals surface area contributed by atoms with Crippen molar-refractivity contribution in [3.05, 3.63) is 164 Å². The van der Waals surface area contributed by atoms with Gasteiger partial charge in [-0.3, -0.25) is 0 Å². The van der Waals surface area contributed by atoms with Crippen LogP contribution in [0, 0.1) is 0 Å². The van der Waals surface area contributed by atoms with Crippen molar-refractivity contribution in [3.8, 4) is 27.9 Å². The maximum absolute atomic E-state index is 3.65. The van der Waals surface area contributed by atoms with E-state index in [9.17, 15) is 0 Å². The first-order chi connectivity index (χ1) is 20.8. The number of hydrogen-bond acceptors (Lipinski definition) is 1. The van der Waals surface area contributed by atoms with E-state index in [2.05, 4.69) is 174 Å². The number of nitrogens with zero attached hydrogens (tertiary/aromatic N) is 1. The molecule has 0 fully saturated rings. The lowest BCUT2D eigenvalue weighted by atomic mass is 9.99. The van der Waals surface area contributed by atoms with E-state index >= 15 is 0 Å². The van der Waals surface area contributed by atoms with Crippen molar-refractivity contribution in [1.29, 1.82) is 0 Å². The van der Waals surface area contributed by atoms with Gasteiger partial charge in [0.25, 0.3) is 0 Å². The summed E-state index contributed by atoms with van der Waals surface area (Å²) in [5.74, 6) is 0. The minimum atomic E-state index is 1.07. The molecule has 8 aromatic rings. The second kappa shape index (κ2) is 10.1. The highest BCUT2D eigenvalue weighted by molar-refractivity contribution is 6.11. The van der Waals surface area contributed by atoms with Crippen LogP contribution in [0.1, 0.15) is 0 Å². The van der Waals surface area contributed by atoms with Crippen LogP contribution in [0.5, 0.6) is 0 Å². The van der Waals surface area contributed by atoms with Crippen LogP contribution in [0.3, 0.4) is 0 Å². The van der Waals surface area contributed by atoms with Crippen molar-refractivity contribution in [2.24, 2.45) is 0 Å². The Labute approximate surface area is 245 Å². The van der Waals surface area contributed by atoms with E-state index in [1.165, 1.54) is 54.8 Å². The smallest absolute Gasteiger partial charge is 0.0542 e. The molecule has 1 N–H and O–H groups in total. The number of anilines is 2. The Morgan fingerprint density at radius 3 is 1.69 bits per heavy atom. The van der Waals surface area contributed by atoms with E-state index in [1.807, 2.05) is 0 Å². The number of rotatable bonds is 5. The van der Waals surface area contributed by atoms with Crippen LogP contribution in [0.15, 0.2) is 164 Å². The molecule has 0 saturated carbocycles. The van der Waals surface area contributed by atoms with Crippen molar-refractivity contribution >= 4 is 44.0 Å². The molecule has 0 aliphatic rings. The minimum Gasteiger partial charge on any atom is -0.356 e. The van der Waals surface area contributed by atoms with Crippen LogP contribution < -0.4 is 5.32 Å². The molecule has 42 heavy (non-hydrogen) atoms. The fourth-order valence-corrected chi connectivity index (χ4v) is 6.05. The zero-order chi connectivity index (χ0) is 27.9. The molecule has 0 radical (unpaired) electrons. The fourth-order valence-electron chi connectivity index (χ4n) is 6.05. The number of benzene rings is 7. The van der Waals surface area contributed by atoms with Crippen molar-refractivity contribution in [3.63, 3.8) is 0 Å². The number of para-hydroxylation sites is 1. The topological polar surface area (TPSA) is 17.0 Å². The molecule has 1 aromatic heterocycles. The normalized spacial score (nSPS) is 11.3. The largest absolute Gasteiger partial charge is 0.356 e. The molecule has 8 rings (SSSR count). The molecular weight excluding hydrogens is 508 g/mol. The molecule has 0 unspecified atom stereocenters. The third-order valence-electron chi connectivity index (χ3n) is 8.14. The van der Waals surface area contributed by atoms with Gasteiger partial charge in [-0.25, -0.2) is 0 Å². The maximum Gasteiger partial charge on any atom is 0.0542 e. The number of hydrogen-bond donors (Lipinski definition) is 1. The monoisotopic (exact) mass is 536 g/mol. The molecule has 0 amide bonds. The average molecular weight is 537 g/mol. The van der Waals surface area contributed by atoms with Crippen LogP contribution >= 0.6 is 0 Å². The Morgan fingerprint density at radius 2 is 0.905 bits per heavy atom. The van der Waals surface area contributed by atoms with Crippen molar-refractivity contribution in [2.45, 2.75) is 0 Å². The number of nitrogens with one attached hydrogen (secondary N) is 1. The molecule has 7 aromatic carbocycles. The lowest BCUT2D eigenvalue weighted by molar-refractivity contribution is 1.18. The molecule has 1 heterocycles. The molecule has 0 spiro atoms. The van der Waals surface area contributed by atoms with Gasteiger partial charge in [0.1, 0.15) is 0 Å². The molecular formula is C40H28N2. The van der Waals surface area contributed by atoms with Gasteiger partial charge in [0, 0.05) is 27.8 Å². The van der Waals surface area contributed by atoms with Gasteiger partial charge in [-0.2, -0.15) is 0 Å². The van der Waals surface area contributed by atoms with Gasteiger partial charge >= 0.3 is 0 Å². The third-order valence-corrected chi connectivity index (χ3v) is 8.14. The standard InChI is InChI=1S/C40H28N2/c1-3-9-28(10-4-1)30-17-20-34(21-18-30)41-35-22-24-40-38(27-35)37-26-33(32-16-15-29-11-7-8-12-31(29)25-32)19-23-39(37)42(40)36-13-5-2-6-14-36/h1-27,41H. The first-order valence-corrected chi connectivity index (χ1v) is 14.4. The van der Waals surface area contributed by atoms with Crippen LogP contribution in [0.4, 0.5) is 11.4 Å². The lowest BCUT2D eigenvalue weighted by Crippen LogP contribution is -1.94. The summed E-state index contributed by atoms with van der Waals surface area (Å²) < 4.78 is 2.37. The first-order valence-electron chi connectivity index (χ1n) is 14.4. The Balaban J connectivity index is 1.24. The molecule has 0 bridgehead atoms. The highest BCUT2D eigenvalue weighted by Crippen LogP contribution is 2.37. The van der Waals surface area contributed by atoms with Crippen LogP contribution in [0.25, 0.3) is 60.5 Å². The van der Waals surface area contributed by atoms with Crippen LogP contribution in [-0.2, 0) is 0 Å². The summed E-state index contributed by atoms with van der Waals surface area (Å²) in [7, 11) is 0. The number of aromatic nitrogens is 1. The summed E-state index contributed by atoms with van der Waals surface area (Å²) in [6.07, 6.45) is 0. The molecule has 0 aliphatic heterocycles. The SMILES string of the molecule is c1ccc(-c2ccc(Nc3ccc4c(c3)c3cc(-c5ccc6ccccc6c5)ccc3n4-c3ccccc3)cc2)cc1. The summed E-state index contributed by atoms with van der Waals surface area (Å²) in [6.45, 7) is 0. The summed E-state index contributed by atoms with van der Waals surface area (Å²) in [4.78, 5) is 0. The molecule has 0 saturated heterocycles. The van der Waals surface area contributed by atoms with E-state index in [1.54, 1.807) is 0 Å². The van der Waals surface area contributed by atoms with Gasteiger partial charge in [0.15, 0.2) is 0 Å². The second-order valence-electron chi connectivity index (χ2n) is 10.8. The molecule has 198 valence electrons. The lowest BCUT2D eigenvalue weighted by Gasteiger charge is -2.10. The summed E-state index contributed by atoms with van der Waals surface area (Å²) in [5.41, 5.74) is 10.6. The zero-order valence-corrected chi connectivity index (χ0v) is 23.0. The van der Waals surface area contributed by atoms with Crippen molar-refractivity contribution < 1.29 is 0 Å². The van der Waals surface area contributed by atoms with Gasteiger partial charge in [-0.1, -0.05) is 103 Å². The zero-order valence-electron chi connectivity index (χ0n) is 23.0. The van der Waals surface area contributed by atoms with Gasteiger partial charge in [-0.05, 0) is 93.7 Å².